The second kappa shape index (κ2) is 31.2. The highest BCUT2D eigenvalue weighted by Gasteiger charge is 2.36. The molecular weight excluding hydrogens is 693 g/mol. The molecule has 0 aromatic carbocycles. The summed E-state index contributed by atoms with van der Waals surface area (Å²) in [6.45, 7) is 4.03. The summed E-state index contributed by atoms with van der Waals surface area (Å²) in [6, 6.07) is 0. The number of allylic oxidation sites excluding steroid dienone is 7. The lowest BCUT2D eigenvalue weighted by Gasteiger charge is -2.28. The molecule has 1 rings (SSSR count). The average Bonchev–Trinajstić information content (AvgIpc) is 3.85. The van der Waals surface area contributed by atoms with E-state index in [0.29, 0.717) is 23.9 Å². The van der Waals surface area contributed by atoms with Crippen molar-refractivity contribution in [3.63, 3.8) is 0 Å². The predicted molar refractivity (Wildman–Crippen MR) is 212 cm³/mol. The summed E-state index contributed by atoms with van der Waals surface area (Å²) in [5.41, 5.74) is 0. The zero-order valence-corrected chi connectivity index (χ0v) is 34.8. The number of phosphoric ester groups is 1. The van der Waals surface area contributed by atoms with Gasteiger partial charge in [-0.3, -0.25) is 14.2 Å². The third-order valence-corrected chi connectivity index (χ3v) is 9.71. The van der Waals surface area contributed by atoms with Crippen LogP contribution in [0.3, 0.4) is 0 Å². The standard InChI is InChI=1S/C42H74NO9P/c1-6-8-10-12-14-16-18-20-21-23-25-27-30-39-40(52-39)31-29-33-41(44)48-36-38(37-50-53(46,47)49-35-34-43(3,4)5)51-42(45)32-28-26-24-22-19-17-15-13-11-9-7-2/h13-16,20-21,25,27,38-40H,6-12,17-19,22-24,26,28-37H2,1-5H3/b15-13-,16-14-,21-20-,27-25-/t38-,39?,40?/m1/s1. The first kappa shape index (κ1) is 48.9. The van der Waals surface area contributed by atoms with Crippen molar-refractivity contribution in [3.05, 3.63) is 48.6 Å². The second-order valence-electron chi connectivity index (χ2n) is 15.0. The SMILES string of the molecule is CCCC/C=C\CCCCCCCC(=O)O[C@H](COC(=O)CCCC1OC1C/C=C\C/C=C\C/C=C\CCCCC)COP(=O)([O-])OCC[N+](C)(C)C. The van der Waals surface area contributed by atoms with Gasteiger partial charge in [-0.05, 0) is 70.6 Å². The molecule has 1 saturated heterocycles. The van der Waals surface area contributed by atoms with Crippen LogP contribution in [0.4, 0.5) is 0 Å². The van der Waals surface area contributed by atoms with Crippen LogP contribution in [0.2, 0.25) is 0 Å². The molecule has 0 radical (unpaired) electrons. The number of carbonyl (C=O) groups excluding carboxylic acids is 2. The number of hydrogen-bond acceptors (Lipinski definition) is 9. The molecule has 0 saturated carbocycles. The highest BCUT2D eigenvalue weighted by atomic mass is 31.2. The summed E-state index contributed by atoms with van der Waals surface area (Å²) >= 11 is 0. The largest absolute Gasteiger partial charge is 0.756 e. The summed E-state index contributed by atoms with van der Waals surface area (Å²) in [5.74, 6) is -0.928. The number of nitrogens with zero attached hydrogens (tertiary/aromatic N) is 1. The molecule has 1 fully saturated rings. The fourth-order valence-corrected chi connectivity index (χ4v) is 6.10. The van der Waals surface area contributed by atoms with Crippen LogP contribution in [0, 0.1) is 0 Å². The zero-order valence-electron chi connectivity index (χ0n) is 33.9. The van der Waals surface area contributed by atoms with Crippen LogP contribution >= 0.6 is 7.82 Å². The molecule has 0 aromatic heterocycles. The molecule has 1 aliphatic heterocycles. The average molecular weight is 768 g/mol. The summed E-state index contributed by atoms with van der Waals surface area (Å²) < 4.78 is 39.5. The maximum Gasteiger partial charge on any atom is 0.306 e. The minimum Gasteiger partial charge on any atom is -0.756 e. The van der Waals surface area contributed by atoms with Crippen LogP contribution < -0.4 is 4.89 Å². The first-order valence-corrected chi connectivity index (χ1v) is 21.9. The van der Waals surface area contributed by atoms with E-state index < -0.39 is 32.5 Å². The van der Waals surface area contributed by atoms with E-state index in [-0.39, 0.29) is 38.3 Å². The lowest BCUT2D eigenvalue weighted by molar-refractivity contribution is -0.870. The third kappa shape index (κ3) is 31.9. The molecular formula is C42H74NO9P. The van der Waals surface area contributed by atoms with E-state index in [1.165, 1.54) is 38.5 Å². The van der Waals surface area contributed by atoms with E-state index in [1.807, 2.05) is 21.1 Å². The van der Waals surface area contributed by atoms with Gasteiger partial charge in [0, 0.05) is 12.8 Å². The Balaban J connectivity index is 2.37. The Morgan fingerprint density at radius 1 is 0.698 bits per heavy atom. The molecule has 0 N–H and O–H groups in total. The number of carbonyl (C=O) groups is 2. The minimum atomic E-state index is -4.64. The Morgan fingerprint density at radius 3 is 1.98 bits per heavy atom. The number of unbranched alkanes of at least 4 members (excludes halogenated alkanes) is 10. The van der Waals surface area contributed by atoms with Gasteiger partial charge in [-0.2, -0.15) is 0 Å². The molecule has 4 atom stereocenters. The lowest BCUT2D eigenvalue weighted by Crippen LogP contribution is -2.37. The Morgan fingerprint density at radius 2 is 1.28 bits per heavy atom. The Labute approximate surface area is 322 Å². The molecule has 306 valence electrons. The van der Waals surface area contributed by atoms with E-state index in [2.05, 4.69) is 62.5 Å². The molecule has 53 heavy (non-hydrogen) atoms. The van der Waals surface area contributed by atoms with E-state index in [4.69, 9.17) is 23.3 Å². The normalized spacial score (nSPS) is 18.0. The van der Waals surface area contributed by atoms with Crippen LogP contribution in [-0.4, -0.2) is 82.2 Å². The monoisotopic (exact) mass is 768 g/mol. The van der Waals surface area contributed by atoms with E-state index in [0.717, 1.165) is 64.2 Å². The number of quaternary nitrogens is 1. The highest BCUT2D eigenvalue weighted by molar-refractivity contribution is 7.45. The van der Waals surface area contributed by atoms with Crippen molar-refractivity contribution in [1.82, 2.24) is 0 Å². The quantitative estimate of drug-likeness (QED) is 0.0155. The summed E-state index contributed by atoms with van der Waals surface area (Å²) in [7, 11) is 1.11. The van der Waals surface area contributed by atoms with Gasteiger partial charge in [0.05, 0.1) is 40.0 Å². The molecule has 1 aliphatic rings. The van der Waals surface area contributed by atoms with Crippen molar-refractivity contribution in [3.8, 4) is 0 Å². The summed E-state index contributed by atoms with van der Waals surface area (Å²) in [4.78, 5) is 37.5. The van der Waals surface area contributed by atoms with Gasteiger partial charge in [-0.15, -0.1) is 0 Å². The number of ether oxygens (including phenoxy) is 3. The van der Waals surface area contributed by atoms with Crippen LogP contribution in [0.15, 0.2) is 48.6 Å². The number of phosphoric acid groups is 1. The molecule has 1 heterocycles. The Hall–Kier alpha value is -2.07. The number of rotatable bonds is 35. The molecule has 0 aromatic rings. The maximum absolute atomic E-state index is 12.6. The van der Waals surface area contributed by atoms with Gasteiger partial charge < -0.3 is 32.6 Å². The van der Waals surface area contributed by atoms with Gasteiger partial charge in [0.15, 0.2) is 6.10 Å². The van der Waals surface area contributed by atoms with Gasteiger partial charge in [0.2, 0.25) is 0 Å². The van der Waals surface area contributed by atoms with Crippen LogP contribution in [0.5, 0.6) is 0 Å². The van der Waals surface area contributed by atoms with E-state index in [9.17, 15) is 19.0 Å². The number of hydrogen-bond donors (Lipinski definition) is 0. The molecule has 0 bridgehead atoms. The molecule has 3 unspecified atom stereocenters. The third-order valence-electron chi connectivity index (χ3n) is 8.75. The topological polar surface area (TPSA) is 124 Å². The van der Waals surface area contributed by atoms with Crippen molar-refractivity contribution < 1.29 is 46.8 Å². The Bertz CT molecular complexity index is 1110. The molecule has 11 heteroatoms. The second-order valence-corrected chi connectivity index (χ2v) is 16.4. The number of epoxide rings is 1. The number of likely N-dealkylation sites (N-methyl/N-ethyl adjacent to an activating group) is 1. The maximum atomic E-state index is 12.6. The molecule has 10 nitrogen and oxygen atoms in total. The minimum absolute atomic E-state index is 0.0462. The first-order valence-electron chi connectivity index (χ1n) is 20.5. The fraction of sp³-hybridized carbons (Fsp3) is 0.762. The Kier molecular flexibility index (Phi) is 28.8. The van der Waals surface area contributed by atoms with Crippen molar-refractivity contribution in [1.29, 1.82) is 0 Å². The highest BCUT2D eigenvalue weighted by Crippen LogP contribution is 2.38. The molecule has 0 amide bonds. The zero-order chi connectivity index (χ0) is 39.0. The fourth-order valence-electron chi connectivity index (χ4n) is 5.37. The molecule has 0 spiro atoms. The lowest BCUT2D eigenvalue weighted by atomic mass is 10.1. The van der Waals surface area contributed by atoms with Crippen LogP contribution in [0.25, 0.3) is 0 Å². The van der Waals surface area contributed by atoms with Crippen molar-refractivity contribution in [2.45, 2.75) is 161 Å². The van der Waals surface area contributed by atoms with Crippen LogP contribution in [0.1, 0.15) is 142 Å². The van der Waals surface area contributed by atoms with E-state index in [1.54, 1.807) is 0 Å². The van der Waals surface area contributed by atoms with Gasteiger partial charge >= 0.3 is 11.9 Å². The smallest absolute Gasteiger partial charge is 0.306 e. The summed E-state index contributed by atoms with van der Waals surface area (Å²) in [5, 5.41) is 0. The van der Waals surface area contributed by atoms with Crippen molar-refractivity contribution >= 4 is 19.8 Å². The van der Waals surface area contributed by atoms with Gasteiger partial charge in [0.25, 0.3) is 7.82 Å². The van der Waals surface area contributed by atoms with E-state index >= 15 is 0 Å². The number of esters is 2. The summed E-state index contributed by atoms with van der Waals surface area (Å²) in [6.07, 6.45) is 35.9. The van der Waals surface area contributed by atoms with Gasteiger partial charge in [0.1, 0.15) is 19.8 Å². The van der Waals surface area contributed by atoms with Gasteiger partial charge in [-0.1, -0.05) is 107 Å². The van der Waals surface area contributed by atoms with Crippen LogP contribution in [-0.2, 0) is 37.4 Å². The van der Waals surface area contributed by atoms with Crippen molar-refractivity contribution in [2.75, 3.05) is 47.5 Å². The molecule has 0 aliphatic carbocycles. The first-order chi connectivity index (χ1) is 25.5. The predicted octanol–water partition coefficient (Wildman–Crippen LogP) is 9.48. The van der Waals surface area contributed by atoms with Gasteiger partial charge in [-0.25, -0.2) is 0 Å². The van der Waals surface area contributed by atoms with Crippen molar-refractivity contribution in [2.24, 2.45) is 0 Å².